The van der Waals surface area contributed by atoms with E-state index in [1.165, 1.54) is 35.2 Å². The Morgan fingerprint density at radius 3 is 2.38 bits per heavy atom. The molecule has 1 aliphatic rings. The number of oxime groups is 1. The summed E-state index contributed by atoms with van der Waals surface area (Å²) in [6, 6.07) is 17.9. The number of carbonyl (C=O) groups is 1. The minimum absolute atomic E-state index is 0.00906. The van der Waals surface area contributed by atoms with E-state index in [0.29, 0.717) is 12.0 Å². The number of carbonyl (C=O) groups excluding carboxylic acids is 1. The van der Waals surface area contributed by atoms with Crippen LogP contribution >= 0.6 is 0 Å². The molecule has 0 unspecified atom stereocenters. The summed E-state index contributed by atoms with van der Waals surface area (Å²) in [4.78, 5) is 20.2. The number of rotatable bonds is 6. The molecule has 3 aromatic rings. The molecule has 1 heterocycles. The van der Waals surface area contributed by atoms with E-state index in [9.17, 15) is 22.4 Å². The molecule has 34 heavy (non-hydrogen) atoms. The van der Waals surface area contributed by atoms with E-state index in [2.05, 4.69) is 5.16 Å². The van der Waals surface area contributed by atoms with Crippen LogP contribution in [-0.2, 0) is 17.6 Å². The van der Waals surface area contributed by atoms with Crippen LogP contribution in [-0.4, -0.2) is 29.2 Å². The van der Waals surface area contributed by atoms with E-state index < -0.39 is 29.6 Å². The molecule has 0 aliphatic carbocycles. The van der Waals surface area contributed by atoms with Gasteiger partial charge in [-0.2, -0.15) is 13.2 Å². The number of amides is 1. The second-order valence-corrected chi connectivity index (χ2v) is 8.14. The number of hydrogen-bond acceptors (Lipinski definition) is 3. The molecular formula is C26H22F4N2O2. The third kappa shape index (κ3) is 5.27. The van der Waals surface area contributed by atoms with Crippen LogP contribution in [0.3, 0.4) is 0 Å². The molecule has 1 amide bonds. The minimum Gasteiger partial charge on any atom is -0.390 e. The van der Waals surface area contributed by atoms with E-state index in [0.717, 1.165) is 29.0 Å². The molecule has 8 heteroatoms. The smallest absolute Gasteiger partial charge is 0.390 e. The van der Waals surface area contributed by atoms with Crippen molar-refractivity contribution in [1.82, 2.24) is 4.90 Å². The van der Waals surface area contributed by atoms with Gasteiger partial charge in [-0.05, 0) is 42.3 Å². The molecule has 0 radical (unpaired) electrons. The maximum absolute atomic E-state index is 14.3. The van der Waals surface area contributed by atoms with Gasteiger partial charge >= 0.3 is 6.18 Å². The van der Waals surface area contributed by atoms with Crippen LogP contribution in [0.2, 0.25) is 0 Å². The second-order valence-electron chi connectivity index (χ2n) is 8.14. The molecular weight excluding hydrogens is 448 g/mol. The van der Waals surface area contributed by atoms with Crippen molar-refractivity contribution >= 4 is 11.6 Å². The van der Waals surface area contributed by atoms with Gasteiger partial charge in [0.25, 0.3) is 5.91 Å². The van der Waals surface area contributed by atoms with Crippen molar-refractivity contribution < 1.29 is 27.2 Å². The van der Waals surface area contributed by atoms with E-state index in [1.807, 2.05) is 31.2 Å². The first-order valence-electron chi connectivity index (χ1n) is 10.7. The molecule has 3 aromatic carbocycles. The molecule has 0 bridgehead atoms. The summed E-state index contributed by atoms with van der Waals surface area (Å²) < 4.78 is 53.1. The lowest BCUT2D eigenvalue weighted by Gasteiger charge is -2.25. The molecule has 0 N–H and O–H groups in total. The summed E-state index contributed by atoms with van der Waals surface area (Å²) in [6.07, 6.45) is -4.49. The molecule has 0 spiro atoms. The minimum atomic E-state index is -4.46. The van der Waals surface area contributed by atoms with Gasteiger partial charge in [0.2, 0.25) is 0 Å². The predicted octanol–water partition coefficient (Wildman–Crippen LogP) is 5.99. The molecule has 1 aliphatic heterocycles. The van der Waals surface area contributed by atoms with Gasteiger partial charge < -0.3 is 9.74 Å². The van der Waals surface area contributed by atoms with Crippen molar-refractivity contribution in [2.24, 2.45) is 5.16 Å². The van der Waals surface area contributed by atoms with Crippen LogP contribution in [0.25, 0.3) is 0 Å². The highest BCUT2D eigenvalue weighted by molar-refractivity contribution is 6.02. The first-order chi connectivity index (χ1) is 16.2. The highest BCUT2D eigenvalue weighted by Crippen LogP contribution is 2.29. The lowest BCUT2D eigenvalue weighted by atomic mass is 10.00. The Balaban J connectivity index is 1.54. The Kier molecular flexibility index (Phi) is 6.68. The average Bonchev–Trinajstić information content (AvgIpc) is 3.27. The molecule has 0 saturated heterocycles. The van der Waals surface area contributed by atoms with Crippen molar-refractivity contribution in [1.29, 1.82) is 0 Å². The molecule has 1 atom stereocenters. The zero-order chi connectivity index (χ0) is 24.3. The van der Waals surface area contributed by atoms with E-state index in [-0.39, 0.29) is 18.7 Å². The lowest BCUT2D eigenvalue weighted by molar-refractivity contribution is -0.137. The number of aryl methyl sites for hydroxylation is 1. The zero-order valence-corrected chi connectivity index (χ0v) is 18.3. The van der Waals surface area contributed by atoms with Gasteiger partial charge in [0, 0.05) is 18.5 Å². The summed E-state index contributed by atoms with van der Waals surface area (Å²) in [5.41, 5.74) is 2.31. The van der Waals surface area contributed by atoms with Gasteiger partial charge in [-0.1, -0.05) is 53.7 Å². The Hall–Kier alpha value is -3.68. The third-order valence-corrected chi connectivity index (χ3v) is 5.66. The molecule has 4 nitrogen and oxygen atoms in total. The maximum Gasteiger partial charge on any atom is 0.416 e. The number of nitrogens with zero attached hydrogens (tertiary/aromatic N) is 2. The van der Waals surface area contributed by atoms with Crippen molar-refractivity contribution in [3.05, 3.63) is 106 Å². The molecule has 0 saturated carbocycles. The van der Waals surface area contributed by atoms with Crippen LogP contribution in [0.1, 0.15) is 39.0 Å². The summed E-state index contributed by atoms with van der Waals surface area (Å²) >= 11 is 0. The highest BCUT2D eigenvalue weighted by atomic mass is 19.4. The topological polar surface area (TPSA) is 41.9 Å². The standard InChI is InChI=1S/C26H22F4N2O2/c1-17-6-2-3-7-21(17)24-14-20(34-31-24)16-32(25(33)22-8-4-5-9-23(22)27)15-18-10-12-19(13-11-18)26(28,29)30/h2-13,20H,14-16H2,1H3/t20-/m1/s1. The van der Waals surface area contributed by atoms with Gasteiger partial charge in [0.05, 0.1) is 23.4 Å². The number of halogens is 4. The predicted molar refractivity (Wildman–Crippen MR) is 120 cm³/mol. The summed E-state index contributed by atoms with van der Waals surface area (Å²) in [5.74, 6) is -1.25. The quantitative estimate of drug-likeness (QED) is 0.416. The van der Waals surface area contributed by atoms with E-state index in [4.69, 9.17) is 4.84 Å². The molecule has 4 rings (SSSR count). The second kappa shape index (κ2) is 9.67. The van der Waals surface area contributed by atoms with Gasteiger partial charge in [-0.15, -0.1) is 0 Å². The largest absolute Gasteiger partial charge is 0.416 e. The Bertz CT molecular complexity index is 1210. The van der Waals surface area contributed by atoms with Crippen molar-refractivity contribution in [3.8, 4) is 0 Å². The summed E-state index contributed by atoms with van der Waals surface area (Å²) in [7, 11) is 0. The SMILES string of the molecule is Cc1ccccc1C1=NO[C@@H](CN(Cc2ccc(C(F)(F)F)cc2)C(=O)c2ccccc2F)C1. The van der Waals surface area contributed by atoms with Gasteiger partial charge in [-0.25, -0.2) is 4.39 Å². The van der Waals surface area contributed by atoms with Crippen LogP contribution in [0, 0.1) is 12.7 Å². The van der Waals surface area contributed by atoms with Crippen LogP contribution in [0.5, 0.6) is 0 Å². The van der Waals surface area contributed by atoms with Gasteiger partial charge in [-0.3, -0.25) is 4.79 Å². The Morgan fingerprint density at radius 2 is 1.71 bits per heavy atom. The molecule has 176 valence electrons. The van der Waals surface area contributed by atoms with Crippen molar-refractivity contribution in [3.63, 3.8) is 0 Å². The Labute approximate surface area is 194 Å². The highest BCUT2D eigenvalue weighted by Gasteiger charge is 2.31. The monoisotopic (exact) mass is 470 g/mol. The first kappa shape index (κ1) is 23.5. The van der Waals surface area contributed by atoms with Gasteiger partial charge in [0.15, 0.2) is 6.10 Å². The van der Waals surface area contributed by atoms with E-state index >= 15 is 0 Å². The average molecular weight is 470 g/mol. The molecule has 0 fully saturated rings. The van der Waals surface area contributed by atoms with Gasteiger partial charge in [0.1, 0.15) is 5.82 Å². The van der Waals surface area contributed by atoms with E-state index in [1.54, 1.807) is 6.07 Å². The number of benzene rings is 3. The fourth-order valence-corrected chi connectivity index (χ4v) is 3.87. The lowest BCUT2D eigenvalue weighted by Crippen LogP contribution is -2.37. The van der Waals surface area contributed by atoms with Crippen LogP contribution in [0.15, 0.2) is 78.0 Å². The first-order valence-corrected chi connectivity index (χ1v) is 10.7. The summed E-state index contributed by atoms with van der Waals surface area (Å²) in [6.45, 7) is 2.04. The van der Waals surface area contributed by atoms with Crippen molar-refractivity contribution in [2.75, 3.05) is 6.54 Å². The Morgan fingerprint density at radius 1 is 1.03 bits per heavy atom. The number of hydrogen-bond donors (Lipinski definition) is 0. The fraction of sp³-hybridized carbons (Fsp3) is 0.231. The van der Waals surface area contributed by atoms with Crippen molar-refractivity contribution in [2.45, 2.75) is 32.2 Å². The normalized spacial score (nSPS) is 15.6. The third-order valence-electron chi connectivity index (χ3n) is 5.66. The fourth-order valence-electron chi connectivity index (χ4n) is 3.87. The number of alkyl halides is 3. The summed E-state index contributed by atoms with van der Waals surface area (Å²) in [5, 5.41) is 4.18. The van der Waals surface area contributed by atoms with Crippen LogP contribution < -0.4 is 0 Å². The van der Waals surface area contributed by atoms with Crippen LogP contribution in [0.4, 0.5) is 17.6 Å². The zero-order valence-electron chi connectivity index (χ0n) is 18.3. The maximum atomic E-state index is 14.3. The molecule has 0 aromatic heterocycles.